The Kier molecular flexibility index (Phi) is 2.92. The third-order valence-electron chi connectivity index (χ3n) is 2.61. The first-order valence-corrected chi connectivity index (χ1v) is 5.93. The van der Waals surface area contributed by atoms with Gasteiger partial charge < -0.3 is 4.74 Å². The van der Waals surface area contributed by atoms with Crippen LogP contribution in [0.15, 0.2) is 18.2 Å². The monoisotopic (exact) mass is 261 g/mol. The fourth-order valence-corrected chi connectivity index (χ4v) is 1.84. The van der Waals surface area contributed by atoms with E-state index in [2.05, 4.69) is 0 Å². The summed E-state index contributed by atoms with van der Waals surface area (Å²) in [6, 6.07) is 4.92. The minimum absolute atomic E-state index is 0.246. The highest BCUT2D eigenvalue weighted by molar-refractivity contribution is 6.55. The predicted molar refractivity (Wildman–Crippen MR) is 69.2 cm³/mol. The number of amides is 2. The zero-order valence-corrected chi connectivity index (χ0v) is 11.3. The van der Waals surface area contributed by atoms with Crippen LogP contribution in [0.3, 0.4) is 0 Å². The van der Waals surface area contributed by atoms with Gasteiger partial charge in [-0.2, -0.15) is 0 Å². The molecule has 0 aliphatic carbocycles. The molecule has 0 saturated carbocycles. The summed E-state index contributed by atoms with van der Waals surface area (Å²) in [6.07, 6.45) is -0.826. The van der Waals surface area contributed by atoms with Crippen LogP contribution in [0.5, 0.6) is 0 Å². The number of hydrogen-bond donors (Lipinski definition) is 0. The predicted octanol–water partition coefficient (Wildman–Crippen LogP) is 2.46. The van der Waals surface area contributed by atoms with Crippen LogP contribution in [0, 0.1) is 6.92 Å². The molecular formula is C14H15NO4. The van der Waals surface area contributed by atoms with E-state index in [0.717, 1.165) is 10.5 Å². The Morgan fingerprint density at radius 3 is 2.42 bits per heavy atom. The van der Waals surface area contributed by atoms with E-state index in [4.69, 9.17) is 4.74 Å². The molecule has 1 heterocycles. The Morgan fingerprint density at radius 1 is 1.21 bits per heavy atom. The highest BCUT2D eigenvalue weighted by Crippen LogP contribution is 2.30. The number of benzene rings is 1. The molecule has 0 N–H and O–H groups in total. The fraction of sp³-hybridized carbons (Fsp3) is 0.357. The first kappa shape index (κ1) is 13.3. The van der Waals surface area contributed by atoms with Crippen LogP contribution in [0.1, 0.15) is 36.7 Å². The molecule has 1 aromatic rings. The molecule has 1 aliphatic rings. The average molecular weight is 261 g/mol. The van der Waals surface area contributed by atoms with E-state index in [0.29, 0.717) is 0 Å². The Morgan fingerprint density at radius 2 is 1.84 bits per heavy atom. The lowest BCUT2D eigenvalue weighted by Crippen LogP contribution is -2.40. The largest absolute Gasteiger partial charge is 0.443 e. The van der Waals surface area contributed by atoms with E-state index in [1.807, 2.05) is 6.92 Å². The van der Waals surface area contributed by atoms with Gasteiger partial charge in [-0.25, -0.2) is 9.69 Å². The number of carbonyl (C=O) groups excluding carboxylic acids is 3. The Balaban J connectivity index is 2.42. The molecule has 0 bridgehead atoms. The molecule has 2 amide bonds. The van der Waals surface area contributed by atoms with Crippen LogP contribution >= 0.6 is 0 Å². The highest BCUT2D eigenvalue weighted by atomic mass is 16.6. The minimum atomic E-state index is -0.866. The normalized spacial score (nSPS) is 14.6. The number of fused-ring (bicyclic) bond motifs is 1. The molecule has 0 aromatic heterocycles. The van der Waals surface area contributed by atoms with Crippen molar-refractivity contribution in [2.24, 2.45) is 0 Å². The molecule has 5 nitrogen and oxygen atoms in total. The molecule has 0 spiro atoms. The number of anilines is 1. The van der Waals surface area contributed by atoms with Gasteiger partial charge in [0.15, 0.2) is 0 Å². The van der Waals surface area contributed by atoms with Crippen molar-refractivity contribution in [1.82, 2.24) is 0 Å². The second-order valence-electron chi connectivity index (χ2n) is 5.47. The summed E-state index contributed by atoms with van der Waals surface area (Å²) in [4.78, 5) is 36.5. The number of ether oxygens (including phenoxy) is 1. The lowest BCUT2D eigenvalue weighted by molar-refractivity contribution is -0.114. The third-order valence-corrected chi connectivity index (χ3v) is 2.61. The van der Waals surface area contributed by atoms with E-state index in [9.17, 15) is 14.4 Å². The van der Waals surface area contributed by atoms with Crippen LogP contribution < -0.4 is 4.90 Å². The number of carbonyl (C=O) groups is 3. The van der Waals surface area contributed by atoms with Crippen LogP contribution in [0.25, 0.3) is 0 Å². The maximum Gasteiger partial charge on any atom is 0.422 e. The van der Waals surface area contributed by atoms with Crippen molar-refractivity contribution in [3.8, 4) is 0 Å². The molecule has 0 unspecified atom stereocenters. The molecule has 0 radical (unpaired) electrons. The van der Waals surface area contributed by atoms with E-state index in [1.54, 1.807) is 39.0 Å². The van der Waals surface area contributed by atoms with Crippen LogP contribution in [0.2, 0.25) is 0 Å². The van der Waals surface area contributed by atoms with Crippen molar-refractivity contribution in [3.63, 3.8) is 0 Å². The van der Waals surface area contributed by atoms with Gasteiger partial charge in [0.25, 0.3) is 5.78 Å². The van der Waals surface area contributed by atoms with Crippen molar-refractivity contribution >= 4 is 23.5 Å². The second kappa shape index (κ2) is 4.19. The molecule has 0 fully saturated rings. The summed E-state index contributed by atoms with van der Waals surface area (Å²) < 4.78 is 5.14. The standard InChI is InChI=1S/C14H15NO4/c1-8-5-6-10-9(7-8)11(16)12(17)15(10)13(18)19-14(2,3)4/h5-7H,1-4H3. The summed E-state index contributed by atoms with van der Waals surface area (Å²) >= 11 is 0. The fourth-order valence-electron chi connectivity index (χ4n) is 1.84. The van der Waals surface area contributed by atoms with Gasteiger partial charge in [0, 0.05) is 0 Å². The number of nitrogens with zero attached hydrogens (tertiary/aromatic N) is 1. The van der Waals surface area contributed by atoms with Gasteiger partial charge in [-0.15, -0.1) is 0 Å². The van der Waals surface area contributed by atoms with Crippen molar-refractivity contribution in [2.75, 3.05) is 4.90 Å². The molecular weight excluding hydrogens is 246 g/mol. The van der Waals surface area contributed by atoms with Crippen LogP contribution in [0.4, 0.5) is 10.5 Å². The SMILES string of the molecule is Cc1ccc2c(c1)C(=O)C(=O)N2C(=O)OC(C)(C)C. The number of rotatable bonds is 0. The zero-order chi connectivity index (χ0) is 14.4. The maximum atomic E-state index is 12.0. The summed E-state index contributed by atoms with van der Waals surface area (Å²) in [5.74, 6) is -1.54. The Hall–Kier alpha value is -2.17. The maximum absolute atomic E-state index is 12.0. The van der Waals surface area contributed by atoms with Gasteiger partial charge in [0.05, 0.1) is 11.3 Å². The molecule has 2 rings (SSSR count). The van der Waals surface area contributed by atoms with Crippen molar-refractivity contribution in [1.29, 1.82) is 0 Å². The Bertz CT molecular complexity index is 584. The number of ketones is 1. The first-order chi connectivity index (χ1) is 8.70. The summed E-state index contributed by atoms with van der Waals surface area (Å²) in [5, 5.41) is 0. The van der Waals surface area contributed by atoms with Gasteiger partial charge in [-0.05, 0) is 39.8 Å². The van der Waals surface area contributed by atoms with Crippen LogP contribution in [-0.4, -0.2) is 23.4 Å². The van der Waals surface area contributed by atoms with Gasteiger partial charge in [0.1, 0.15) is 5.60 Å². The lowest BCUT2D eigenvalue weighted by atomic mass is 10.1. The summed E-state index contributed by atoms with van der Waals surface area (Å²) in [7, 11) is 0. The molecule has 19 heavy (non-hydrogen) atoms. The summed E-state index contributed by atoms with van der Waals surface area (Å²) in [6.45, 7) is 6.91. The summed E-state index contributed by atoms with van der Waals surface area (Å²) in [5.41, 5.74) is 0.657. The van der Waals surface area contributed by atoms with E-state index >= 15 is 0 Å². The molecule has 0 saturated heterocycles. The molecule has 100 valence electrons. The molecule has 0 atom stereocenters. The highest BCUT2D eigenvalue weighted by Gasteiger charge is 2.41. The quantitative estimate of drug-likeness (QED) is 0.673. The molecule has 5 heteroatoms. The van der Waals surface area contributed by atoms with Gasteiger partial charge in [-0.1, -0.05) is 11.6 Å². The van der Waals surface area contributed by atoms with Gasteiger partial charge in [0.2, 0.25) is 0 Å². The van der Waals surface area contributed by atoms with E-state index in [1.165, 1.54) is 0 Å². The average Bonchev–Trinajstić information content (AvgIpc) is 2.50. The second-order valence-corrected chi connectivity index (χ2v) is 5.47. The van der Waals surface area contributed by atoms with Crippen LogP contribution in [-0.2, 0) is 9.53 Å². The Labute approximate surface area is 111 Å². The zero-order valence-electron chi connectivity index (χ0n) is 11.3. The van der Waals surface area contributed by atoms with Gasteiger partial charge >= 0.3 is 12.0 Å². The first-order valence-electron chi connectivity index (χ1n) is 5.93. The van der Waals surface area contributed by atoms with Gasteiger partial charge in [-0.3, -0.25) is 9.59 Å². The van der Waals surface area contributed by atoms with E-state index < -0.39 is 23.4 Å². The number of aryl methyl sites for hydroxylation is 1. The number of imide groups is 1. The van der Waals surface area contributed by atoms with Crippen molar-refractivity contribution < 1.29 is 19.1 Å². The van der Waals surface area contributed by atoms with Crippen molar-refractivity contribution in [3.05, 3.63) is 29.3 Å². The molecule has 1 aliphatic heterocycles. The lowest BCUT2D eigenvalue weighted by Gasteiger charge is -2.23. The number of Topliss-reactive ketones (excluding diaryl/α,β-unsaturated/α-hetero) is 1. The molecule has 1 aromatic carbocycles. The smallest absolute Gasteiger partial charge is 0.422 e. The number of hydrogen-bond acceptors (Lipinski definition) is 4. The topological polar surface area (TPSA) is 63.7 Å². The van der Waals surface area contributed by atoms with Crippen molar-refractivity contribution in [2.45, 2.75) is 33.3 Å². The minimum Gasteiger partial charge on any atom is -0.443 e. The third kappa shape index (κ3) is 2.36. The van der Waals surface area contributed by atoms with E-state index in [-0.39, 0.29) is 11.3 Å².